The van der Waals surface area contributed by atoms with Gasteiger partial charge in [-0.25, -0.2) is 0 Å². The van der Waals surface area contributed by atoms with Gasteiger partial charge in [0, 0.05) is 16.8 Å². The molecule has 1 N–H and O–H groups in total. The summed E-state index contributed by atoms with van der Waals surface area (Å²) in [6.45, 7) is 8.76. The standard InChI is InChI=1S/C13H24BrNO/c1-12(2)9-10(7-5-6-8-14)11(16)15-13(12,3)4/h10H,5-9H2,1-4H3,(H,15,16). The van der Waals surface area contributed by atoms with E-state index in [1.165, 1.54) is 0 Å². The zero-order valence-electron chi connectivity index (χ0n) is 10.9. The highest BCUT2D eigenvalue weighted by Crippen LogP contribution is 2.41. The number of rotatable bonds is 4. The molecule has 0 radical (unpaired) electrons. The minimum absolute atomic E-state index is 0.0873. The van der Waals surface area contributed by atoms with Crippen molar-refractivity contribution in [1.82, 2.24) is 5.32 Å². The molecule has 1 aliphatic rings. The third-order valence-electron chi connectivity index (χ3n) is 4.19. The summed E-state index contributed by atoms with van der Waals surface area (Å²) < 4.78 is 0. The van der Waals surface area contributed by atoms with Crippen molar-refractivity contribution in [2.45, 2.75) is 58.9 Å². The molecule has 16 heavy (non-hydrogen) atoms. The zero-order chi connectivity index (χ0) is 12.4. The van der Waals surface area contributed by atoms with Crippen molar-refractivity contribution in [3.8, 4) is 0 Å². The predicted octanol–water partition coefficient (Wildman–Crippen LogP) is 3.49. The molecule has 0 aromatic carbocycles. The van der Waals surface area contributed by atoms with E-state index in [1.54, 1.807) is 0 Å². The van der Waals surface area contributed by atoms with Crippen LogP contribution in [0, 0.1) is 11.3 Å². The van der Waals surface area contributed by atoms with Gasteiger partial charge in [0.1, 0.15) is 0 Å². The highest BCUT2D eigenvalue weighted by Gasteiger charge is 2.45. The maximum Gasteiger partial charge on any atom is 0.223 e. The fourth-order valence-electron chi connectivity index (χ4n) is 2.26. The van der Waals surface area contributed by atoms with Gasteiger partial charge in [-0.1, -0.05) is 36.2 Å². The Morgan fingerprint density at radius 1 is 1.31 bits per heavy atom. The number of alkyl halides is 1. The van der Waals surface area contributed by atoms with Crippen molar-refractivity contribution in [1.29, 1.82) is 0 Å². The molecule has 2 nitrogen and oxygen atoms in total. The first-order valence-electron chi connectivity index (χ1n) is 6.18. The van der Waals surface area contributed by atoms with Crippen molar-refractivity contribution in [3.05, 3.63) is 0 Å². The zero-order valence-corrected chi connectivity index (χ0v) is 12.5. The van der Waals surface area contributed by atoms with Crippen molar-refractivity contribution in [3.63, 3.8) is 0 Å². The van der Waals surface area contributed by atoms with Crippen molar-refractivity contribution >= 4 is 21.8 Å². The molecule has 1 heterocycles. The topological polar surface area (TPSA) is 29.1 Å². The predicted molar refractivity (Wildman–Crippen MR) is 71.8 cm³/mol. The van der Waals surface area contributed by atoms with Crippen LogP contribution in [0.15, 0.2) is 0 Å². The van der Waals surface area contributed by atoms with Gasteiger partial charge in [-0.3, -0.25) is 4.79 Å². The van der Waals surface area contributed by atoms with Gasteiger partial charge in [-0.2, -0.15) is 0 Å². The molecule has 1 saturated heterocycles. The van der Waals surface area contributed by atoms with Crippen LogP contribution in [-0.2, 0) is 4.79 Å². The van der Waals surface area contributed by atoms with Crippen LogP contribution < -0.4 is 5.32 Å². The number of hydrogen-bond donors (Lipinski definition) is 1. The van der Waals surface area contributed by atoms with Gasteiger partial charge in [0.25, 0.3) is 0 Å². The molecule has 0 aromatic heterocycles. The van der Waals surface area contributed by atoms with Crippen LogP contribution in [-0.4, -0.2) is 16.8 Å². The molecule has 1 amide bonds. The summed E-state index contributed by atoms with van der Waals surface area (Å²) in [5.74, 6) is 0.459. The molecular formula is C13H24BrNO. The molecule has 3 heteroatoms. The molecule has 0 spiro atoms. The average molecular weight is 290 g/mol. The van der Waals surface area contributed by atoms with E-state index in [0.29, 0.717) is 0 Å². The first-order chi connectivity index (χ1) is 7.30. The molecule has 1 atom stereocenters. The number of amides is 1. The van der Waals surface area contributed by atoms with Crippen LogP contribution in [0.5, 0.6) is 0 Å². The Morgan fingerprint density at radius 2 is 1.94 bits per heavy atom. The van der Waals surface area contributed by atoms with E-state index in [4.69, 9.17) is 0 Å². The lowest BCUT2D eigenvalue weighted by Gasteiger charge is -2.48. The van der Waals surface area contributed by atoms with Crippen LogP contribution in [0.1, 0.15) is 53.4 Å². The molecule has 1 rings (SSSR count). The summed E-state index contributed by atoms with van der Waals surface area (Å²) in [6.07, 6.45) is 4.33. The first kappa shape index (κ1) is 14.0. The largest absolute Gasteiger partial charge is 0.350 e. The minimum Gasteiger partial charge on any atom is -0.350 e. The van der Waals surface area contributed by atoms with E-state index in [-0.39, 0.29) is 22.8 Å². The summed E-state index contributed by atoms with van der Waals surface area (Å²) >= 11 is 3.43. The lowest BCUT2D eigenvalue weighted by atomic mass is 9.65. The maximum atomic E-state index is 12.0. The molecular weight excluding hydrogens is 266 g/mol. The second-order valence-electron chi connectivity index (χ2n) is 6.08. The van der Waals surface area contributed by atoms with Crippen molar-refractivity contribution in [2.24, 2.45) is 11.3 Å². The second kappa shape index (κ2) is 5.07. The normalized spacial score (nSPS) is 27.6. The molecule has 1 fully saturated rings. The number of piperidine rings is 1. The van der Waals surface area contributed by atoms with E-state index in [2.05, 4.69) is 48.9 Å². The summed E-state index contributed by atoms with van der Waals surface area (Å²) in [7, 11) is 0. The number of nitrogens with one attached hydrogen (secondary N) is 1. The van der Waals surface area contributed by atoms with E-state index in [1.807, 2.05) is 0 Å². The summed E-state index contributed by atoms with van der Waals surface area (Å²) in [5, 5.41) is 4.21. The van der Waals surface area contributed by atoms with Gasteiger partial charge < -0.3 is 5.32 Å². The third kappa shape index (κ3) is 2.99. The van der Waals surface area contributed by atoms with Gasteiger partial charge in [0.15, 0.2) is 0 Å². The number of hydrogen-bond acceptors (Lipinski definition) is 1. The third-order valence-corrected chi connectivity index (χ3v) is 4.75. The maximum absolute atomic E-state index is 12.0. The Morgan fingerprint density at radius 3 is 2.50 bits per heavy atom. The second-order valence-corrected chi connectivity index (χ2v) is 6.88. The van der Waals surface area contributed by atoms with Crippen molar-refractivity contribution < 1.29 is 4.79 Å². The Hall–Kier alpha value is -0.0500. The quantitative estimate of drug-likeness (QED) is 0.623. The molecule has 1 aliphatic heterocycles. The van der Waals surface area contributed by atoms with Gasteiger partial charge in [-0.05, 0) is 38.5 Å². The number of halogens is 1. The van der Waals surface area contributed by atoms with E-state index in [9.17, 15) is 4.79 Å². The highest BCUT2D eigenvalue weighted by atomic mass is 79.9. The Bertz CT molecular complexity index is 261. The van der Waals surface area contributed by atoms with Crippen LogP contribution in [0.3, 0.4) is 0 Å². The molecule has 0 aliphatic carbocycles. The van der Waals surface area contributed by atoms with Crippen LogP contribution in [0.25, 0.3) is 0 Å². The van der Waals surface area contributed by atoms with Crippen LogP contribution >= 0.6 is 15.9 Å². The monoisotopic (exact) mass is 289 g/mol. The molecule has 1 unspecified atom stereocenters. The molecule has 0 bridgehead atoms. The summed E-state index contributed by atoms with van der Waals surface area (Å²) in [5.41, 5.74) is 0.0932. The van der Waals surface area contributed by atoms with Gasteiger partial charge in [0.05, 0.1) is 0 Å². The Kier molecular flexibility index (Phi) is 4.44. The SMILES string of the molecule is CC1(C)CC(CCCCBr)C(=O)NC1(C)C. The van der Waals surface area contributed by atoms with Gasteiger partial charge in [0.2, 0.25) is 5.91 Å². The number of unbranched alkanes of at least 4 members (excludes halogenated alkanes) is 1. The van der Waals surface area contributed by atoms with E-state index >= 15 is 0 Å². The van der Waals surface area contributed by atoms with Gasteiger partial charge in [-0.15, -0.1) is 0 Å². The minimum atomic E-state index is -0.0873. The Balaban J connectivity index is 2.59. The van der Waals surface area contributed by atoms with Crippen LogP contribution in [0.2, 0.25) is 0 Å². The lowest BCUT2D eigenvalue weighted by Crippen LogP contribution is -2.60. The fraction of sp³-hybridized carbons (Fsp3) is 0.923. The number of carbonyl (C=O) groups is 1. The molecule has 0 saturated carbocycles. The summed E-state index contributed by atoms with van der Waals surface area (Å²) in [4.78, 5) is 12.0. The smallest absolute Gasteiger partial charge is 0.223 e. The fourth-order valence-corrected chi connectivity index (χ4v) is 2.66. The lowest BCUT2D eigenvalue weighted by molar-refractivity contribution is -0.134. The molecule has 0 aromatic rings. The van der Waals surface area contributed by atoms with Gasteiger partial charge >= 0.3 is 0 Å². The van der Waals surface area contributed by atoms with Crippen LogP contribution in [0.4, 0.5) is 0 Å². The summed E-state index contributed by atoms with van der Waals surface area (Å²) in [6, 6.07) is 0. The first-order valence-corrected chi connectivity index (χ1v) is 7.30. The highest BCUT2D eigenvalue weighted by molar-refractivity contribution is 9.09. The van der Waals surface area contributed by atoms with E-state index in [0.717, 1.165) is 31.0 Å². The number of carbonyl (C=O) groups excluding carboxylic acids is 1. The van der Waals surface area contributed by atoms with E-state index < -0.39 is 0 Å². The molecule has 94 valence electrons. The van der Waals surface area contributed by atoms with Crippen molar-refractivity contribution in [2.75, 3.05) is 5.33 Å². The average Bonchev–Trinajstić information content (AvgIpc) is 2.13. The Labute approximate surface area is 108 Å².